The summed E-state index contributed by atoms with van der Waals surface area (Å²) in [5.74, 6) is -3.20. The summed E-state index contributed by atoms with van der Waals surface area (Å²) in [5, 5.41) is 14.5. The molecule has 0 radical (unpaired) electrons. The van der Waals surface area contributed by atoms with Gasteiger partial charge in [0.1, 0.15) is 0 Å². The van der Waals surface area contributed by atoms with Crippen molar-refractivity contribution < 1.29 is 27.9 Å². The summed E-state index contributed by atoms with van der Waals surface area (Å²) in [6.07, 6.45) is -3.43. The molecule has 0 saturated heterocycles. The molecule has 6 nitrogen and oxygen atoms in total. The monoisotopic (exact) mass is 275 g/mol. The summed E-state index contributed by atoms with van der Waals surface area (Å²) < 4.78 is 31.7. The fourth-order valence-corrected chi connectivity index (χ4v) is 1.17. The molecule has 102 valence electrons. The van der Waals surface area contributed by atoms with E-state index in [2.05, 4.69) is 10.2 Å². The molecule has 0 fully saturated rings. The second kappa shape index (κ2) is 5.38. The molecule has 0 spiro atoms. The number of alkyl halides is 3. The van der Waals surface area contributed by atoms with Crippen LogP contribution < -0.4 is 5.73 Å². The number of carboxylic acid groups (broad SMARTS) is 1. The molecule has 1 aromatic heterocycles. The van der Waals surface area contributed by atoms with Gasteiger partial charge in [-0.1, -0.05) is 12.1 Å². The van der Waals surface area contributed by atoms with Gasteiger partial charge in [-0.15, -0.1) is 0 Å². The van der Waals surface area contributed by atoms with E-state index in [1.807, 2.05) is 6.07 Å². The highest BCUT2D eigenvalue weighted by molar-refractivity contribution is 6.04. The van der Waals surface area contributed by atoms with Gasteiger partial charge < -0.3 is 10.8 Å². The third-order valence-electron chi connectivity index (χ3n) is 1.98. The van der Waals surface area contributed by atoms with Crippen LogP contribution in [0.5, 0.6) is 0 Å². The second-order valence-electron chi connectivity index (χ2n) is 3.31. The van der Waals surface area contributed by atoms with Crippen LogP contribution in [0.3, 0.4) is 0 Å². The fourth-order valence-electron chi connectivity index (χ4n) is 1.17. The second-order valence-corrected chi connectivity index (χ2v) is 3.31. The largest absolute Gasteiger partial charge is 0.490 e. The summed E-state index contributed by atoms with van der Waals surface area (Å²) in [6, 6.07) is 5.31. The van der Waals surface area contributed by atoms with Crippen molar-refractivity contribution >= 4 is 22.8 Å². The number of benzene rings is 1. The molecule has 1 aromatic carbocycles. The summed E-state index contributed by atoms with van der Waals surface area (Å²) in [6.45, 7) is 0. The standard InChI is InChI=1S/C8H7N3O.C2HF3O2/c9-8(12)6-3-1-2-5-4-10-11-7(5)6;3-2(4,5)1(6)7/h1-4H,(H2,9,12)(H,10,11);(H,6,7). The maximum absolute atomic E-state index is 10.9. The van der Waals surface area contributed by atoms with E-state index in [1.165, 1.54) is 0 Å². The number of nitrogens with zero attached hydrogens (tertiary/aromatic N) is 1. The summed E-state index contributed by atoms with van der Waals surface area (Å²) >= 11 is 0. The van der Waals surface area contributed by atoms with E-state index in [9.17, 15) is 18.0 Å². The van der Waals surface area contributed by atoms with Crippen molar-refractivity contribution in [3.63, 3.8) is 0 Å². The number of aromatic nitrogens is 2. The molecule has 2 rings (SSSR count). The molecular formula is C10H8F3N3O3. The number of carbonyl (C=O) groups is 2. The number of carbonyl (C=O) groups excluding carboxylic acids is 1. The van der Waals surface area contributed by atoms with Gasteiger partial charge in [0.15, 0.2) is 0 Å². The van der Waals surface area contributed by atoms with Crippen LogP contribution in [0, 0.1) is 0 Å². The zero-order chi connectivity index (χ0) is 14.6. The van der Waals surface area contributed by atoms with E-state index in [0.29, 0.717) is 11.1 Å². The van der Waals surface area contributed by atoms with E-state index in [4.69, 9.17) is 15.6 Å². The van der Waals surface area contributed by atoms with Crippen LogP contribution in [0.2, 0.25) is 0 Å². The first kappa shape index (κ1) is 14.5. The molecule has 0 aliphatic heterocycles. The molecule has 0 unspecified atom stereocenters. The third kappa shape index (κ3) is 3.69. The van der Waals surface area contributed by atoms with Crippen molar-refractivity contribution in [2.24, 2.45) is 5.73 Å². The minimum Gasteiger partial charge on any atom is -0.475 e. The number of rotatable bonds is 1. The lowest BCUT2D eigenvalue weighted by molar-refractivity contribution is -0.192. The van der Waals surface area contributed by atoms with Crippen LogP contribution in [0.1, 0.15) is 10.4 Å². The predicted molar refractivity (Wildman–Crippen MR) is 58.3 cm³/mol. The van der Waals surface area contributed by atoms with Gasteiger partial charge in [-0.05, 0) is 6.07 Å². The van der Waals surface area contributed by atoms with Crippen molar-refractivity contribution in [1.82, 2.24) is 10.2 Å². The highest BCUT2D eigenvalue weighted by atomic mass is 19.4. The molecule has 9 heteroatoms. The fraction of sp³-hybridized carbons (Fsp3) is 0.100. The first-order chi connectivity index (χ1) is 8.73. The average Bonchev–Trinajstić information content (AvgIpc) is 2.75. The zero-order valence-corrected chi connectivity index (χ0v) is 9.23. The molecule has 4 N–H and O–H groups in total. The Morgan fingerprint density at radius 1 is 1.32 bits per heavy atom. The summed E-state index contributed by atoms with van der Waals surface area (Å²) in [4.78, 5) is 19.8. The Bertz CT molecular complexity index is 607. The lowest BCUT2D eigenvalue weighted by atomic mass is 10.1. The van der Waals surface area contributed by atoms with Gasteiger partial charge in [0.05, 0.1) is 17.3 Å². The Balaban J connectivity index is 0.000000224. The molecule has 0 bridgehead atoms. The van der Waals surface area contributed by atoms with Crippen LogP contribution in [-0.2, 0) is 4.79 Å². The number of nitrogens with two attached hydrogens (primary N) is 1. The van der Waals surface area contributed by atoms with Crippen LogP contribution in [0.25, 0.3) is 10.9 Å². The molecular weight excluding hydrogens is 267 g/mol. The molecule has 1 amide bonds. The summed E-state index contributed by atoms with van der Waals surface area (Å²) in [7, 11) is 0. The van der Waals surface area contributed by atoms with Crippen molar-refractivity contribution in [2.75, 3.05) is 0 Å². The first-order valence-corrected chi connectivity index (χ1v) is 4.75. The molecule has 2 aromatic rings. The lowest BCUT2D eigenvalue weighted by Crippen LogP contribution is -2.21. The molecule has 1 heterocycles. The average molecular weight is 275 g/mol. The number of amides is 1. The molecule has 19 heavy (non-hydrogen) atoms. The Hall–Kier alpha value is -2.58. The van der Waals surface area contributed by atoms with Gasteiger partial charge in [-0.25, -0.2) is 4.79 Å². The van der Waals surface area contributed by atoms with Gasteiger partial charge in [0, 0.05) is 5.39 Å². The zero-order valence-electron chi connectivity index (χ0n) is 9.23. The predicted octanol–water partition coefficient (Wildman–Crippen LogP) is 1.30. The Labute approximate surface area is 104 Å². The van der Waals surface area contributed by atoms with Gasteiger partial charge >= 0.3 is 12.1 Å². The highest BCUT2D eigenvalue weighted by Gasteiger charge is 2.38. The van der Waals surface area contributed by atoms with Gasteiger partial charge in [0.25, 0.3) is 5.91 Å². The normalized spacial score (nSPS) is 10.7. The van der Waals surface area contributed by atoms with E-state index in [-0.39, 0.29) is 0 Å². The van der Waals surface area contributed by atoms with Crippen molar-refractivity contribution in [2.45, 2.75) is 6.18 Å². The number of aromatic amines is 1. The number of fused-ring (bicyclic) bond motifs is 1. The maximum Gasteiger partial charge on any atom is 0.490 e. The SMILES string of the molecule is NC(=O)c1cccc2cn[nH]c12.O=C(O)C(F)(F)F. The Kier molecular flexibility index (Phi) is 4.10. The first-order valence-electron chi connectivity index (χ1n) is 4.75. The van der Waals surface area contributed by atoms with Crippen molar-refractivity contribution in [3.05, 3.63) is 30.0 Å². The number of H-pyrrole nitrogens is 1. The van der Waals surface area contributed by atoms with Crippen LogP contribution >= 0.6 is 0 Å². The lowest BCUT2D eigenvalue weighted by Gasteiger charge is -1.95. The van der Waals surface area contributed by atoms with Crippen LogP contribution in [-0.4, -0.2) is 33.4 Å². The number of halogens is 3. The van der Waals surface area contributed by atoms with Gasteiger partial charge in [-0.3, -0.25) is 9.89 Å². The van der Waals surface area contributed by atoms with E-state index >= 15 is 0 Å². The minimum atomic E-state index is -5.08. The third-order valence-corrected chi connectivity index (χ3v) is 1.98. The Morgan fingerprint density at radius 2 is 1.89 bits per heavy atom. The number of carboxylic acids is 1. The molecule has 0 aliphatic rings. The Morgan fingerprint density at radius 3 is 2.37 bits per heavy atom. The van der Waals surface area contributed by atoms with E-state index < -0.39 is 18.1 Å². The van der Waals surface area contributed by atoms with Crippen molar-refractivity contribution in [1.29, 1.82) is 0 Å². The smallest absolute Gasteiger partial charge is 0.475 e. The van der Waals surface area contributed by atoms with Crippen molar-refractivity contribution in [3.8, 4) is 0 Å². The number of para-hydroxylation sites is 1. The quantitative estimate of drug-likeness (QED) is 0.728. The number of hydrogen-bond acceptors (Lipinski definition) is 3. The van der Waals surface area contributed by atoms with Gasteiger partial charge in [-0.2, -0.15) is 18.3 Å². The van der Waals surface area contributed by atoms with Crippen LogP contribution in [0.4, 0.5) is 13.2 Å². The number of nitrogens with one attached hydrogen (secondary N) is 1. The van der Waals surface area contributed by atoms with Crippen LogP contribution in [0.15, 0.2) is 24.4 Å². The number of primary amides is 1. The van der Waals surface area contributed by atoms with Gasteiger partial charge in [0.2, 0.25) is 0 Å². The summed E-state index contributed by atoms with van der Waals surface area (Å²) in [5.41, 5.74) is 6.33. The molecule has 0 atom stereocenters. The molecule has 0 aliphatic carbocycles. The number of hydrogen-bond donors (Lipinski definition) is 3. The highest BCUT2D eigenvalue weighted by Crippen LogP contribution is 2.14. The topological polar surface area (TPSA) is 109 Å². The van der Waals surface area contributed by atoms with E-state index in [0.717, 1.165) is 5.39 Å². The minimum absolute atomic E-state index is 0.440. The van der Waals surface area contributed by atoms with E-state index in [1.54, 1.807) is 18.3 Å². The number of aliphatic carboxylic acids is 1. The molecule has 0 saturated carbocycles. The maximum atomic E-state index is 10.9.